The van der Waals surface area contributed by atoms with Crippen molar-refractivity contribution < 1.29 is 35.9 Å². The molecule has 3 rings (SSSR count). The number of nitrogens with one attached hydrogen (secondary N) is 1. The van der Waals surface area contributed by atoms with Gasteiger partial charge in [-0.3, -0.25) is 4.90 Å². The van der Waals surface area contributed by atoms with Crippen molar-refractivity contribution >= 4 is 6.09 Å². The number of carbonyl (C=O) groups excluding carboxylic acids is 1. The fourth-order valence-corrected chi connectivity index (χ4v) is 3.68. The molecule has 0 aliphatic carbocycles. The van der Waals surface area contributed by atoms with Crippen molar-refractivity contribution in [3.63, 3.8) is 0 Å². The number of halogens is 6. The summed E-state index contributed by atoms with van der Waals surface area (Å²) in [7, 11) is 0. The Kier molecular flexibility index (Phi) is 9.32. The zero-order valence-electron chi connectivity index (χ0n) is 21.8. The highest BCUT2D eigenvalue weighted by Crippen LogP contribution is 2.30. The third-order valence-electron chi connectivity index (χ3n) is 5.64. The summed E-state index contributed by atoms with van der Waals surface area (Å²) in [4.78, 5) is 14.3. The minimum atomic E-state index is -4.45. The van der Waals surface area contributed by atoms with E-state index >= 15 is 0 Å². The molecule has 0 aromatic heterocycles. The molecule has 0 fully saturated rings. The number of carbonyl (C=O) groups is 1. The highest BCUT2D eigenvalue weighted by Gasteiger charge is 2.31. The van der Waals surface area contributed by atoms with Gasteiger partial charge in [0.1, 0.15) is 5.60 Å². The number of rotatable bonds is 8. The number of hydrogen-bond acceptors (Lipinski definition) is 3. The fraction of sp³-hybridized carbons (Fsp3) is 0.345. The SMILES string of the molecule is CC(C)(C)OC(=O)N(Cc1ccc(CNCc2ccc(C(F)(F)F)cc2)cc1)Cc1ccc(C(F)(F)F)cc1. The van der Waals surface area contributed by atoms with Gasteiger partial charge in [0.25, 0.3) is 0 Å². The molecule has 0 bridgehead atoms. The maximum atomic E-state index is 12.9. The highest BCUT2D eigenvalue weighted by molar-refractivity contribution is 5.68. The molecule has 0 atom stereocenters. The second-order valence-corrected chi connectivity index (χ2v) is 10.1. The minimum absolute atomic E-state index is 0.0590. The van der Waals surface area contributed by atoms with E-state index in [0.717, 1.165) is 41.0 Å². The maximum Gasteiger partial charge on any atom is 0.416 e. The summed E-state index contributed by atoms with van der Waals surface area (Å²) in [6.45, 7) is 6.29. The monoisotopic (exact) mass is 552 g/mol. The van der Waals surface area contributed by atoms with E-state index in [1.54, 1.807) is 20.8 Å². The standard InChI is InChI=1S/C29H30F6N2O2/c1-27(2,3)39-26(38)37(19-23-10-14-25(15-11-23)29(33,34)35)18-22-6-4-20(5-7-22)16-36-17-21-8-12-24(13-9-21)28(30,31)32/h4-15,36H,16-19H2,1-3H3. The van der Waals surface area contributed by atoms with E-state index in [1.165, 1.54) is 29.2 Å². The third-order valence-corrected chi connectivity index (χ3v) is 5.64. The molecule has 10 heteroatoms. The summed E-state index contributed by atoms with van der Waals surface area (Å²) < 4.78 is 82.3. The maximum absolute atomic E-state index is 12.9. The Morgan fingerprint density at radius 2 is 0.974 bits per heavy atom. The van der Waals surface area contributed by atoms with Gasteiger partial charge in [-0.1, -0.05) is 48.5 Å². The molecular formula is C29H30F6N2O2. The lowest BCUT2D eigenvalue weighted by Crippen LogP contribution is -2.36. The van der Waals surface area contributed by atoms with Gasteiger partial charge in [-0.2, -0.15) is 26.3 Å². The second-order valence-electron chi connectivity index (χ2n) is 10.1. The van der Waals surface area contributed by atoms with E-state index < -0.39 is 35.2 Å². The smallest absolute Gasteiger partial charge is 0.416 e. The summed E-state index contributed by atoms with van der Waals surface area (Å²) in [6.07, 6.45) is -9.41. The van der Waals surface area contributed by atoms with Crippen molar-refractivity contribution in [3.05, 3.63) is 106 Å². The van der Waals surface area contributed by atoms with Gasteiger partial charge in [0.15, 0.2) is 0 Å². The van der Waals surface area contributed by atoms with Crippen molar-refractivity contribution in [1.29, 1.82) is 0 Å². The van der Waals surface area contributed by atoms with Gasteiger partial charge in [0.05, 0.1) is 11.1 Å². The number of hydrogen-bond donors (Lipinski definition) is 1. The molecule has 0 saturated carbocycles. The van der Waals surface area contributed by atoms with Crippen LogP contribution in [0, 0.1) is 0 Å². The molecule has 0 aliphatic heterocycles. The van der Waals surface area contributed by atoms with Crippen molar-refractivity contribution in [2.75, 3.05) is 0 Å². The van der Waals surface area contributed by atoms with E-state index in [1.807, 2.05) is 24.3 Å². The van der Waals surface area contributed by atoms with Gasteiger partial charge in [0, 0.05) is 26.2 Å². The average Bonchev–Trinajstić information content (AvgIpc) is 2.83. The number of amides is 1. The van der Waals surface area contributed by atoms with E-state index in [0.29, 0.717) is 18.7 Å². The molecule has 3 aromatic rings. The molecular weight excluding hydrogens is 522 g/mol. The van der Waals surface area contributed by atoms with Gasteiger partial charge in [-0.05, 0) is 67.3 Å². The Labute approximate surface area is 223 Å². The van der Waals surface area contributed by atoms with Crippen LogP contribution in [0.3, 0.4) is 0 Å². The third kappa shape index (κ3) is 9.62. The fourth-order valence-electron chi connectivity index (χ4n) is 3.68. The second kappa shape index (κ2) is 12.1. The Hall–Kier alpha value is -3.53. The number of ether oxygens (including phenoxy) is 1. The Bertz CT molecular complexity index is 1210. The molecule has 0 radical (unpaired) electrons. The van der Waals surface area contributed by atoms with E-state index in [9.17, 15) is 31.1 Å². The van der Waals surface area contributed by atoms with E-state index in [-0.39, 0.29) is 13.1 Å². The minimum Gasteiger partial charge on any atom is -0.444 e. The lowest BCUT2D eigenvalue weighted by Gasteiger charge is -2.28. The number of nitrogens with zero attached hydrogens (tertiary/aromatic N) is 1. The van der Waals surface area contributed by atoms with Gasteiger partial charge in [-0.15, -0.1) is 0 Å². The first-order valence-electron chi connectivity index (χ1n) is 12.2. The molecule has 0 unspecified atom stereocenters. The van der Waals surface area contributed by atoms with Crippen LogP contribution in [-0.4, -0.2) is 16.6 Å². The predicted octanol–water partition coefficient (Wildman–Crippen LogP) is 7.95. The van der Waals surface area contributed by atoms with E-state index in [4.69, 9.17) is 4.74 Å². The molecule has 210 valence electrons. The van der Waals surface area contributed by atoms with Crippen molar-refractivity contribution in [3.8, 4) is 0 Å². The Balaban J connectivity index is 1.62. The van der Waals surface area contributed by atoms with Crippen LogP contribution in [0.1, 0.15) is 54.2 Å². The topological polar surface area (TPSA) is 41.6 Å². The van der Waals surface area contributed by atoms with Gasteiger partial charge >= 0.3 is 18.4 Å². The van der Waals surface area contributed by atoms with Crippen LogP contribution in [-0.2, 0) is 43.3 Å². The lowest BCUT2D eigenvalue weighted by atomic mass is 10.1. The van der Waals surface area contributed by atoms with Gasteiger partial charge < -0.3 is 10.1 Å². The molecule has 0 spiro atoms. The average molecular weight is 553 g/mol. The zero-order chi connectivity index (χ0) is 28.8. The normalized spacial score (nSPS) is 12.3. The van der Waals surface area contributed by atoms with Crippen molar-refractivity contribution in [1.82, 2.24) is 10.2 Å². The zero-order valence-corrected chi connectivity index (χ0v) is 21.8. The first kappa shape index (κ1) is 30.0. The predicted molar refractivity (Wildman–Crippen MR) is 135 cm³/mol. The van der Waals surface area contributed by atoms with Crippen LogP contribution in [0.2, 0.25) is 0 Å². The lowest BCUT2D eigenvalue weighted by molar-refractivity contribution is -0.138. The highest BCUT2D eigenvalue weighted by atomic mass is 19.4. The van der Waals surface area contributed by atoms with Crippen LogP contribution in [0.25, 0.3) is 0 Å². The molecule has 39 heavy (non-hydrogen) atoms. The molecule has 4 nitrogen and oxygen atoms in total. The largest absolute Gasteiger partial charge is 0.444 e. The first-order chi connectivity index (χ1) is 18.1. The van der Waals surface area contributed by atoms with Crippen LogP contribution < -0.4 is 5.32 Å². The molecule has 1 N–H and O–H groups in total. The van der Waals surface area contributed by atoms with Crippen LogP contribution in [0.15, 0.2) is 72.8 Å². The van der Waals surface area contributed by atoms with Gasteiger partial charge in [-0.25, -0.2) is 4.79 Å². The van der Waals surface area contributed by atoms with Crippen molar-refractivity contribution in [2.45, 2.75) is 64.9 Å². The summed E-state index contributed by atoms with van der Waals surface area (Å²) >= 11 is 0. The van der Waals surface area contributed by atoms with Crippen molar-refractivity contribution in [2.24, 2.45) is 0 Å². The van der Waals surface area contributed by atoms with Crippen LogP contribution >= 0.6 is 0 Å². The van der Waals surface area contributed by atoms with E-state index in [2.05, 4.69) is 5.32 Å². The summed E-state index contributed by atoms with van der Waals surface area (Å²) in [5, 5.41) is 3.18. The number of alkyl halides is 6. The first-order valence-corrected chi connectivity index (χ1v) is 12.2. The quantitative estimate of drug-likeness (QED) is 0.289. The Morgan fingerprint density at radius 3 is 1.33 bits per heavy atom. The summed E-state index contributed by atoms with van der Waals surface area (Å²) in [5.41, 5.74) is 0.751. The van der Waals surface area contributed by atoms with Crippen LogP contribution in [0.5, 0.6) is 0 Å². The van der Waals surface area contributed by atoms with Crippen LogP contribution in [0.4, 0.5) is 31.1 Å². The Morgan fingerprint density at radius 1 is 0.641 bits per heavy atom. The van der Waals surface area contributed by atoms with Gasteiger partial charge in [0.2, 0.25) is 0 Å². The molecule has 0 saturated heterocycles. The summed E-state index contributed by atoms with van der Waals surface area (Å²) in [6, 6.07) is 17.0. The number of benzene rings is 3. The molecule has 1 amide bonds. The summed E-state index contributed by atoms with van der Waals surface area (Å²) in [5.74, 6) is 0. The molecule has 0 heterocycles. The molecule has 0 aliphatic rings. The molecule has 3 aromatic carbocycles.